The van der Waals surface area contributed by atoms with E-state index < -0.39 is 6.03 Å². The van der Waals surface area contributed by atoms with E-state index in [0.29, 0.717) is 41.8 Å². The highest BCUT2D eigenvalue weighted by Crippen LogP contribution is 2.14. The number of carbonyl (C=O) groups is 1. The number of aryl methyl sites for hydroxylation is 2. The SMILES string of the molecule is Cc1ccc(Nc2ccc(NCCNC(=O)Nc3ccc(C)c(F)c3)nn2)nc1. The Balaban J connectivity index is 1.39. The van der Waals surface area contributed by atoms with E-state index in [-0.39, 0.29) is 5.82 Å². The predicted octanol–water partition coefficient (Wildman–Crippen LogP) is 3.60. The molecule has 2 aromatic heterocycles. The zero-order chi connectivity index (χ0) is 20.6. The van der Waals surface area contributed by atoms with Gasteiger partial charge in [0.15, 0.2) is 5.82 Å². The third-order valence-corrected chi connectivity index (χ3v) is 3.98. The number of benzene rings is 1. The first-order valence-corrected chi connectivity index (χ1v) is 9.08. The van der Waals surface area contributed by atoms with Crippen LogP contribution in [0.1, 0.15) is 11.1 Å². The van der Waals surface area contributed by atoms with Crippen molar-refractivity contribution >= 4 is 29.2 Å². The molecule has 0 saturated carbocycles. The Bertz CT molecular complexity index is 962. The molecule has 150 valence electrons. The number of nitrogens with zero attached hydrogens (tertiary/aromatic N) is 3. The minimum absolute atomic E-state index is 0.356. The zero-order valence-electron chi connectivity index (χ0n) is 16.2. The van der Waals surface area contributed by atoms with Gasteiger partial charge in [-0.15, -0.1) is 10.2 Å². The van der Waals surface area contributed by atoms with Crippen LogP contribution >= 0.6 is 0 Å². The van der Waals surface area contributed by atoms with Gasteiger partial charge in [0.2, 0.25) is 0 Å². The molecule has 3 aromatic rings. The van der Waals surface area contributed by atoms with E-state index in [9.17, 15) is 9.18 Å². The average Bonchev–Trinajstić information content (AvgIpc) is 2.71. The highest BCUT2D eigenvalue weighted by atomic mass is 19.1. The number of halogens is 1. The molecule has 9 heteroatoms. The summed E-state index contributed by atoms with van der Waals surface area (Å²) < 4.78 is 13.5. The summed E-state index contributed by atoms with van der Waals surface area (Å²) in [6, 6.07) is 11.5. The fraction of sp³-hybridized carbons (Fsp3) is 0.200. The molecule has 0 aliphatic carbocycles. The fourth-order valence-corrected chi connectivity index (χ4v) is 2.38. The number of carbonyl (C=O) groups excluding carboxylic acids is 1. The molecular formula is C20H22FN7O. The second kappa shape index (κ2) is 9.45. The maximum absolute atomic E-state index is 13.5. The smallest absolute Gasteiger partial charge is 0.319 e. The molecule has 0 saturated heterocycles. The lowest BCUT2D eigenvalue weighted by atomic mass is 10.2. The van der Waals surface area contributed by atoms with Gasteiger partial charge in [0.1, 0.15) is 17.5 Å². The van der Waals surface area contributed by atoms with Crippen molar-refractivity contribution in [3.05, 3.63) is 65.6 Å². The van der Waals surface area contributed by atoms with Crippen molar-refractivity contribution in [1.82, 2.24) is 20.5 Å². The van der Waals surface area contributed by atoms with Crippen molar-refractivity contribution in [3.8, 4) is 0 Å². The molecule has 0 spiro atoms. The van der Waals surface area contributed by atoms with Crippen LogP contribution in [0, 0.1) is 19.7 Å². The molecule has 0 radical (unpaired) electrons. The van der Waals surface area contributed by atoms with Crippen LogP contribution in [0.3, 0.4) is 0 Å². The maximum atomic E-state index is 13.5. The quantitative estimate of drug-likeness (QED) is 0.456. The topological polar surface area (TPSA) is 104 Å². The monoisotopic (exact) mass is 395 g/mol. The molecule has 2 amide bonds. The van der Waals surface area contributed by atoms with Gasteiger partial charge in [-0.3, -0.25) is 0 Å². The predicted molar refractivity (Wildman–Crippen MR) is 111 cm³/mol. The Morgan fingerprint density at radius 1 is 0.966 bits per heavy atom. The summed E-state index contributed by atoms with van der Waals surface area (Å²) in [7, 11) is 0. The summed E-state index contributed by atoms with van der Waals surface area (Å²) in [5, 5.41) is 19.5. The van der Waals surface area contributed by atoms with Crippen molar-refractivity contribution in [2.75, 3.05) is 29.0 Å². The van der Waals surface area contributed by atoms with Gasteiger partial charge in [0.05, 0.1) is 0 Å². The Morgan fingerprint density at radius 2 is 1.72 bits per heavy atom. The Kier molecular flexibility index (Phi) is 6.51. The average molecular weight is 395 g/mol. The lowest BCUT2D eigenvalue weighted by molar-refractivity contribution is 0.252. The van der Waals surface area contributed by atoms with Gasteiger partial charge in [0, 0.05) is 25.0 Å². The van der Waals surface area contributed by atoms with Gasteiger partial charge in [-0.05, 0) is 55.3 Å². The number of urea groups is 1. The van der Waals surface area contributed by atoms with Crippen molar-refractivity contribution < 1.29 is 9.18 Å². The van der Waals surface area contributed by atoms with E-state index in [2.05, 4.69) is 36.4 Å². The number of nitrogens with one attached hydrogen (secondary N) is 4. The molecule has 2 heterocycles. The number of hydrogen-bond donors (Lipinski definition) is 4. The van der Waals surface area contributed by atoms with Crippen LogP contribution in [0.15, 0.2) is 48.7 Å². The second-order valence-electron chi connectivity index (χ2n) is 6.42. The molecule has 0 atom stereocenters. The normalized spacial score (nSPS) is 10.3. The van der Waals surface area contributed by atoms with Crippen LogP contribution in [-0.4, -0.2) is 34.3 Å². The highest BCUT2D eigenvalue weighted by molar-refractivity contribution is 5.89. The van der Waals surface area contributed by atoms with Crippen molar-refractivity contribution in [3.63, 3.8) is 0 Å². The third-order valence-electron chi connectivity index (χ3n) is 3.98. The highest BCUT2D eigenvalue weighted by Gasteiger charge is 2.04. The summed E-state index contributed by atoms with van der Waals surface area (Å²) in [4.78, 5) is 16.1. The van der Waals surface area contributed by atoms with E-state index in [0.717, 1.165) is 5.56 Å². The first-order valence-electron chi connectivity index (χ1n) is 9.08. The van der Waals surface area contributed by atoms with Crippen LogP contribution in [0.2, 0.25) is 0 Å². The van der Waals surface area contributed by atoms with Gasteiger partial charge in [-0.25, -0.2) is 14.2 Å². The van der Waals surface area contributed by atoms with Crippen LogP contribution in [0.4, 0.5) is 32.3 Å². The molecule has 0 bridgehead atoms. The summed E-state index contributed by atoms with van der Waals surface area (Å²) in [5.41, 5.74) is 2.00. The Morgan fingerprint density at radius 3 is 2.41 bits per heavy atom. The van der Waals surface area contributed by atoms with E-state index in [1.165, 1.54) is 6.07 Å². The van der Waals surface area contributed by atoms with Gasteiger partial charge in [-0.2, -0.15) is 0 Å². The second-order valence-corrected chi connectivity index (χ2v) is 6.42. The number of aromatic nitrogens is 3. The van der Waals surface area contributed by atoms with Gasteiger partial charge >= 0.3 is 6.03 Å². The molecule has 0 fully saturated rings. The van der Waals surface area contributed by atoms with Crippen molar-refractivity contribution in [1.29, 1.82) is 0 Å². The number of rotatable bonds is 7. The zero-order valence-corrected chi connectivity index (χ0v) is 16.2. The largest absolute Gasteiger partial charge is 0.367 e. The van der Waals surface area contributed by atoms with Gasteiger partial charge in [-0.1, -0.05) is 12.1 Å². The lowest BCUT2D eigenvalue weighted by Crippen LogP contribution is -2.32. The first kappa shape index (κ1) is 20.0. The maximum Gasteiger partial charge on any atom is 0.319 e. The fourth-order valence-electron chi connectivity index (χ4n) is 2.38. The Hall–Kier alpha value is -3.75. The molecular weight excluding hydrogens is 373 g/mol. The molecule has 0 aliphatic heterocycles. The molecule has 3 rings (SSSR count). The summed E-state index contributed by atoms with van der Waals surface area (Å²) >= 11 is 0. The van der Waals surface area contributed by atoms with Crippen LogP contribution in [-0.2, 0) is 0 Å². The van der Waals surface area contributed by atoms with E-state index in [1.807, 2.05) is 19.1 Å². The van der Waals surface area contributed by atoms with E-state index in [4.69, 9.17) is 0 Å². The summed E-state index contributed by atoms with van der Waals surface area (Å²) in [5.74, 6) is 1.48. The Labute approximate surface area is 168 Å². The number of hydrogen-bond acceptors (Lipinski definition) is 6. The van der Waals surface area contributed by atoms with E-state index in [1.54, 1.807) is 37.4 Å². The molecule has 1 aromatic carbocycles. The molecule has 0 unspecified atom stereocenters. The molecule has 29 heavy (non-hydrogen) atoms. The van der Waals surface area contributed by atoms with Crippen molar-refractivity contribution in [2.24, 2.45) is 0 Å². The van der Waals surface area contributed by atoms with Crippen LogP contribution in [0.5, 0.6) is 0 Å². The molecule has 4 N–H and O–H groups in total. The standard InChI is InChI=1S/C20H22FN7O/c1-13-3-6-17(24-12-13)26-19-8-7-18(27-28-19)22-9-10-23-20(29)25-15-5-4-14(2)16(21)11-15/h3-8,11-12H,9-10H2,1-2H3,(H,22,27)(H2,23,25,29)(H,24,26,28). The number of pyridine rings is 1. The van der Waals surface area contributed by atoms with E-state index >= 15 is 0 Å². The molecule has 8 nitrogen and oxygen atoms in total. The van der Waals surface area contributed by atoms with Crippen LogP contribution in [0.25, 0.3) is 0 Å². The lowest BCUT2D eigenvalue weighted by Gasteiger charge is -2.10. The minimum atomic E-state index is -0.411. The van der Waals surface area contributed by atoms with Crippen LogP contribution < -0.4 is 21.3 Å². The number of amides is 2. The van der Waals surface area contributed by atoms with Gasteiger partial charge in [0.25, 0.3) is 0 Å². The van der Waals surface area contributed by atoms with Gasteiger partial charge < -0.3 is 21.3 Å². The van der Waals surface area contributed by atoms with Crippen molar-refractivity contribution in [2.45, 2.75) is 13.8 Å². The molecule has 0 aliphatic rings. The first-order chi connectivity index (χ1) is 14.0. The minimum Gasteiger partial charge on any atom is -0.367 e. The summed E-state index contributed by atoms with van der Waals surface area (Å²) in [6.07, 6.45) is 1.77. The summed E-state index contributed by atoms with van der Waals surface area (Å²) in [6.45, 7) is 4.44. The third kappa shape index (κ3) is 6.13. The number of anilines is 4.